The minimum atomic E-state index is -1.50. The number of rotatable bonds is 7. The van der Waals surface area contributed by atoms with E-state index in [9.17, 15) is 29.1 Å². The van der Waals surface area contributed by atoms with E-state index >= 15 is 0 Å². The summed E-state index contributed by atoms with van der Waals surface area (Å²) < 4.78 is 10.1. The van der Waals surface area contributed by atoms with Gasteiger partial charge in [-0.3, -0.25) is 14.5 Å². The molecule has 1 aliphatic rings. The van der Waals surface area contributed by atoms with Gasteiger partial charge in [0.05, 0.1) is 0 Å². The fourth-order valence-corrected chi connectivity index (χ4v) is 3.23. The summed E-state index contributed by atoms with van der Waals surface area (Å²) in [6.45, 7) is 2.18. The average molecular weight is 469 g/mol. The number of hydrogen-bond donors (Lipinski definition) is 2. The van der Waals surface area contributed by atoms with Gasteiger partial charge in [0, 0.05) is 19.6 Å². The van der Waals surface area contributed by atoms with Gasteiger partial charge in [-0.2, -0.15) is 0 Å². The van der Waals surface area contributed by atoms with Crippen LogP contribution in [0.5, 0.6) is 5.75 Å². The second kappa shape index (κ2) is 10.9. The molecule has 2 N–H and O–H groups in total. The molecule has 4 amide bonds. The summed E-state index contributed by atoms with van der Waals surface area (Å²) in [5, 5.41) is 11.8. The highest BCUT2D eigenvalue weighted by Gasteiger charge is 2.37. The highest BCUT2D eigenvalue weighted by atomic mass is 16.7. The summed E-state index contributed by atoms with van der Waals surface area (Å²) in [4.78, 5) is 62.3. The first-order chi connectivity index (χ1) is 16.3. The molecule has 11 nitrogen and oxygen atoms in total. The predicted octanol–water partition coefficient (Wildman–Crippen LogP) is 1.93. The Labute approximate surface area is 194 Å². The van der Waals surface area contributed by atoms with Crippen LogP contribution in [-0.4, -0.2) is 64.5 Å². The number of carbonyl (C=O) groups is 5. The summed E-state index contributed by atoms with van der Waals surface area (Å²) in [6, 6.07) is 11.9. The first-order valence-electron chi connectivity index (χ1n) is 10.4. The molecular formula is C23H23N3O8. The molecule has 0 radical (unpaired) electrons. The molecule has 0 aromatic heterocycles. The van der Waals surface area contributed by atoms with Gasteiger partial charge in [-0.25, -0.2) is 14.4 Å². The summed E-state index contributed by atoms with van der Waals surface area (Å²) in [5.74, 6) is -3.12. The van der Waals surface area contributed by atoms with E-state index in [0.29, 0.717) is 11.4 Å². The molecule has 1 saturated heterocycles. The Morgan fingerprint density at radius 1 is 1.00 bits per heavy atom. The normalized spacial score (nSPS) is 14.4. The Morgan fingerprint density at radius 2 is 1.68 bits per heavy atom. The lowest BCUT2D eigenvalue weighted by atomic mass is 10.1. The van der Waals surface area contributed by atoms with Crippen molar-refractivity contribution < 1.29 is 38.6 Å². The number of likely N-dealkylation sites (N-methyl/N-ethyl adjacent to an activating group) is 1. The third-order valence-corrected chi connectivity index (χ3v) is 5.06. The fraction of sp³-hybridized carbons (Fsp3) is 0.261. The van der Waals surface area contributed by atoms with Gasteiger partial charge in [-0.15, -0.1) is 0 Å². The summed E-state index contributed by atoms with van der Waals surface area (Å²) in [5.41, 5.74) is 0.947. The Balaban J connectivity index is 1.60. The number of imide groups is 1. The van der Waals surface area contributed by atoms with Crippen molar-refractivity contribution in [2.24, 2.45) is 0 Å². The maximum absolute atomic E-state index is 12.5. The highest BCUT2D eigenvalue weighted by molar-refractivity contribution is 6.38. The van der Waals surface area contributed by atoms with Crippen molar-refractivity contribution in [2.75, 3.05) is 19.6 Å². The van der Waals surface area contributed by atoms with E-state index in [4.69, 9.17) is 9.47 Å². The van der Waals surface area contributed by atoms with Gasteiger partial charge in [0.25, 0.3) is 0 Å². The Kier molecular flexibility index (Phi) is 7.80. The number of piperazine rings is 1. The van der Waals surface area contributed by atoms with Crippen molar-refractivity contribution in [3.05, 3.63) is 65.7 Å². The van der Waals surface area contributed by atoms with Crippen molar-refractivity contribution in [3.8, 4) is 5.75 Å². The van der Waals surface area contributed by atoms with E-state index in [1.807, 2.05) is 6.07 Å². The molecule has 0 bridgehead atoms. The Morgan fingerprint density at radius 3 is 2.29 bits per heavy atom. The van der Waals surface area contributed by atoms with Crippen LogP contribution < -0.4 is 10.1 Å². The highest BCUT2D eigenvalue weighted by Crippen LogP contribution is 2.20. The van der Waals surface area contributed by atoms with Gasteiger partial charge in [-0.1, -0.05) is 42.5 Å². The molecule has 1 atom stereocenters. The van der Waals surface area contributed by atoms with Crippen LogP contribution in [0.15, 0.2) is 54.6 Å². The van der Waals surface area contributed by atoms with Crippen molar-refractivity contribution in [3.63, 3.8) is 0 Å². The van der Waals surface area contributed by atoms with Gasteiger partial charge in [-0.05, 0) is 30.2 Å². The number of nitrogens with one attached hydrogen (secondary N) is 1. The SMILES string of the molecule is CCN1CCN(C(=O)NC(C(=O)O)c2ccc(OC(=O)OCc3ccccc3)cc2)C(=O)C1=O. The third kappa shape index (κ3) is 5.88. The zero-order valence-electron chi connectivity index (χ0n) is 18.3. The summed E-state index contributed by atoms with van der Waals surface area (Å²) in [6.07, 6.45) is -0.936. The zero-order valence-corrected chi connectivity index (χ0v) is 18.3. The van der Waals surface area contributed by atoms with Crippen LogP contribution in [-0.2, 0) is 25.7 Å². The minimum Gasteiger partial charge on any atom is -0.479 e. The van der Waals surface area contributed by atoms with Gasteiger partial charge < -0.3 is 24.8 Å². The van der Waals surface area contributed by atoms with Crippen molar-refractivity contribution in [1.29, 1.82) is 0 Å². The van der Waals surface area contributed by atoms with Crippen LogP contribution in [0.25, 0.3) is 0 Å². The number of ether oxygens (including phenoxy) is 2. The van der Waals surface area contributed by atoms with E-state index in [0.717, 1.165) is 5.56 Å². The van der Waals surface area contributed by atoms with E-state index < -0.39 is 36.0 Å². The smallest absolute Gasteiger partial charge is 0.479 e. The van der Waals surface area contributed by atoms with Crippen LogP contribution in [0.1, 0.15) is 24.1 Å². The number of aliphatic carboxylic acids is 1. The first kappa shape index (κ1) is 24.2. The average Bonchev–Trinajstić information content (AvgIpc) is 2.84. The van der Waals surface area contributed by atoms with Crippen LogP contribution >= 0.6 is 0 Å². The lowest BCUT2D eigenvalue weighted by Crippen LogP contribution is -2.58. The van der Waals surface area contributed by atoms with Gasteiger partial charge in [0.15, 0.2) is 6.04 Å². The molecule has 1 heterocycles. The number of amides is 4. The predicted molar refractivity (Wildman–Crippen MR) is 117 cm³/mol. The molecule has 11 heteroatoms. The van der Waals surface area contributed by atoms with E-state index in [1.54, 1.807) is 31.2 Å². The van der Waals surface area contributed by atoms with Crippen LogP contribution in [0, 0.1) is 0 Å². The molecule has 3 rings (SSSR count). The molecule has 0 spiro atoms. The number of carbonyl (C=O) groups excluding carboxylic acids is 4. The second-order valence-corrected chi connectivity index (χ2v) is 7.26. The third-order valence-electron chi connectivity index (χ3n) is 5.06. The van der Waals surface area contributed by atoms with Crippen molar-refractivity contribution in [2.45, 2.75) is 19.6 Å². The minimum absolute atomic E-state index is 0.0264. The van der Waals surface area contributed by atoms with E-state index in [2.05, 4.69) is 5.32 Å². The van der Waals surface area contributed by atoms with Crippen LogP contribution in [0.4, 0.5) is 9.59 Å². The maximum atomic E-state index is 12.5. The molecular weight excluding hydrogens is 446 g/mol. The topological polar surface area (TPSA) is 143 Å². The zero-order chi connectivity index (χ0) is 24.7. The molecule has 0 aliphatic carbocycles. The number of nitrogens with zero attached hydrogens (tertiary/aromatic N) is 2. The van der Waals surface area contributed by atoms with Crippen LogP contribution in [0.2, 0.25) is 0 Å². The molecule has 178 valence electrons. The maximum Gasteiger partial charge on any atom is 0.514 e. The molecule has 1 aliphatic heterocycles. The standard InChI is InChI=1S/C23H23N3O8/c1-2-25-12-13-26(20(28)19(25)27)22(31)24-18(21(29)30)16-8-10-17(11-9-16)34-23(32)33-14-15-6-4-3-5-7-15/h3-11,18H,2,12-14H2,1H3,(H,24,31)(H,29,30). The second-order valence-electron chi connectivity index (χ2n) is 7.26. The number of hydrogen-bond acceptors (Lipinski definition) is 7. The molecule has 2 aromatic rings. The first-order valence-corrected chi connectivity index (χ1v) is 10.4. The number of carboxylic acid groups (broad SMARTS) is 1. The summed E-state index contributed by atoms with van der Waals surface area (Å²) in [7, 11) is 0. The Bertz CT molecular complexity index is 1070. The van der Waals surface area contributed by atoms with Gasteiger partial charge >= 0.3 is 30.0 Å². The number of benzene rings is 2. The van der Waals surface area contributed by atoms with Crippen LogP contribution in [0.3, 0.4) is 0 Å². The number of carboxylic acids is 1. The molecule has 34 heavy (non-hydrogen) atoms. The van der Waals surface area contributed by atoms with Gasteiger partial charge in [0.2, 0.25) is 0 Å². The quantitative estimate of drug-likeness (QED) is 0.356. The Hall–Kier alpha value is -4.41. The van der Waals surface area contributed by atoms with Crippen molar-refractivity contribution >= 4 is 30.0 Å². The monoisotopic (exact) mass is 469 g/mol. The number of urea groups is 1. The lowest BCUT2D eigenvalue weighted by Gasteiger charge is -2.32. The van der Waals surface area contributed by atoms with Gasteiger partial charge in [0.1, 0.15) is 12.4 Å². The molecule has 0 saturated carbocycles. The molecule has 2 aromatic carbocycles. The van der Waals surface area contributed by atoms with E-state index in [-0.39, 0.29) is 31.0 Å². The largest absolute Gasteiger partial charge is 0.514 e. The molecule has 1 unspecified atom stereocenters. The fourth-order valence-electron chi connectivity index (χ4n) is 3.23. The van der Waals surface area contributed by atoms with Crippen molar-refractivity contribution in [1.82, 2.24) is 15.1 Å². The summed E-state index contributed by atoms with van der Waals surface area (Å²) >= 11 is 0. The van der Waals surface area contributed by atoms with E-state index in [1.165, 1.54) is 29.2 Å². The molecule has 1 fully saturated rings. The lowest BCUT2D eigenvalue weighted by molar-refractivity contribution is -0.153.